The molecule has 0 spiro atoms. The van der Waals surface area contributed by atoms with Crippen LogP contribution in [0, 0.1) is 29.6 Å². The fraction of sp³-hybridized carbons (Fsp3) is 1.00. The van der Waals surface area contributed by atoms with E-state index in [4.69, 9.17) is 0 Å². The van der Waals surface area contributed by atoms with E-state index in [1.54, 1.807) is 12.8 Å². The molecule has 1 saturated carbocycles. The van der Waals surface area contributed by atoms with Gasteiger partial charge in [0.15, 0.2) is 0 Å². The van der Waals surface area contributed by atoms with E-state index >= 15 is 0 Å². The molecule has 0 nitrogen and oxygen atoms in total. The van der Waals surface area contributed by atoms with Gasteiger partial charge in [-0.15, -0.1) is 0 Å². The van der Waals surface area contributed by atoms with Crippen LogP contribution in [0.2, 0.25) is 0 Å². The first-order valence-corrected chi connectivity index (χ1v) is 23.2. The summed E-state index contributed by atoms with van der Waals surface area (Å²) in [7, 11) is 0. The van der Waals surface area contributed by atoms with E-state index in [1.165, 1.54) is 225 Å². The molecule has 0 amide bonds. The van der Waals surface area contributed by atoms with Crippen molar-refractivity contribution in [2.45, 2.75) is 272 Å². The Labute approximate surface area is 301 Å². The summed E-state index contributed by atoms with van der Waals surface area (Å²) >= 11 is 0. The van der Waals surface area contributed by atoms with E-state index in [2.05, 4.69) is 34.6 Å². The molecule has 0 N–H and O–H groups in total. The molecule has 1 rings (SSSR count). The largest absolute Gasteiger partial charge is 0.0654 e. The van der Waals surface area contributed by atoms with Gasteiger partial charge >= 0.3 is 0 Å². The van der Waals surface area contributed by atoms with Crippen LogP contribution >= 0.6 is 0 Å². The molecule has 0 saturated heterocycles. The van der Waals surface area contributed by atoms with Crippen LogP contribution in [0.3, 0.4) is 0 Å². The molecule has 0 aliphatic heterocycles. The SMILES string of the molecule is CCCCCCCCCCCCCCCCC(CCCCCCCCCCCCCCCC)C(CCC)C(CC)C1CCC(C)CC1. The topological polar surface area (TPSA) is 0 Å². The van der Waals surface area contributed by atoms with Crippen molar-refractivity contribution in [2.24, 2.45) is 29.6 Å². The molecule has 0 aromatic rings. The van der Waals surface area contributed by atoms with Crippen molar-refractivity contribution < 1.29 is 0 Å². The lowest BCUT2D eigenvalue weighted by atomic mass is 9.65. The normalized spacial score (nSPS) is 18.3. The van der Waals surface area contributed by atoms with Crippen molar-refractivity contribution in [3.8, 4) is 0 Å². The van der Waals surface area contributed by atoms with Crippen LogP contribution in [-0.2, 0) is 0 Å². The minimum absolute atomic E-state index is 0.982. The highest BCUT2D eigenvalue weighted by Crippen LogP contribution is 2.44. The van der Waals surface area contributed by atoms with Crippen molar-refractivity contribution in [3.05, 3.63) is 0 Å². The second-order valence-corrected chi connectivity index (χ2v) is 17.1. The predicted molar refractivity (Wildman–Crippen MR) is 217 cm³/mol. The van der Waals surface area contributed by atoms with Crippen molar-refractivity contribution in [1.29, 1.82) is 0 Å². The molecule has 47 heavy (non-hydrogen) atoms. The number of unbranched alkanes of at least 4 members (excludes halogenated alkanes) is 26. The van der Waals surface area contributed by atoms with E-state index in [0.717, 1.165) is 29.6 Å². The molecule has 2 unspecified atom stereocenters. The standard InChI is InChI=1S/C47H94/c1-6-10-12-14-16-18-20-22-24-26-28-30-32-34-37-44(47(36-8-3)46(9-4)45-41-39-43(5)40-42-45)38-35-33-31-29-27-25-23-21-19-17-15-13-11-7-2/h43-47H,6-42H2,1-5H3. The predicted octanol–water partition coefficient (Wildman–Crippen LogP) is 17.6. The lowest BCUT2D eigenvalue weighted by Crippen LogP contribution is -2.31. The molecule has 1 aliphatic carbocycles. The number of hydrogen-bond acceptors (Lipinski definition) is 0. The van der Waals surface area contributed by atoms with Crippen LogP contribution in [0.4, 0.5) is 0 Å². The summed E-state index contributed by atoms with van der Waals surface area (Å²) in [6.07, 6.45) is 54.9. The molecule has 0 radical (unpaired) electrons. The van der Waals surface area contributed by atoms with Gasteiger partial charge in [-0.05, 0) is 42.4 Å². The first-order chi connectivity index (χ1) is 23.2. The van der Waals surface area contributed by atoms with Crippen LogP contribution in [0.1, 0.15) is 272 Å². The van der Waals surface area contributed by atoms with Crippen LogP contribution in [0.5, 0.6) is 0 Å². The summed E-state index contributed by atoms with van der Waals surface area (Å²) in [4.78, 5) is 0. The van der Waals surface area contributed by atoms with Crippen molar-refractivity contribution in [3.63, 3.8) is 0 Å². The van der Waals surface area contributed by atoms with Crippen LogP contribution in [0.25, 0.3) is 0 Å². The zero-order valence-corrected chi connectivity index (χ0v) is 34.0. The lowest BCUT2D eigenvalue weighted by Gasteiger charge is -2.41. The van der Waals surface area contributed by atoms with Gasteiger partial charge in [0.25, 0.3) is 0 Å². The highest BCUT2D eigenvalue weighted by molar-refractivity contribution is 4.84. The summed E-state index contributed by atoms with van der Waals surface area (Å²) in [6, 6.07) is 0. The van der Waals surface area contributed by atoms with E-state index in [1.807, 2.05) is 0 Å². The third-order valence-corrected chi connectivity index (χ3v) is 12.8. The van der Waals surface area contributed by atoms with Crippen molar-refractivity contribution in [1.82, 2.24) is 0 Å². The third-order valence-electron chi connectivity index (χ3n) is 12.8. The highest BCUT2D eigenvalue weighted by Gasteiger charge is 2.34. The maximum atomic E-state index is 2.56. The molecular weight excluding hydrogens is 565 g/mol. The quantitative estimate of drug-likeness (QED) is 0.0588. The van der Waals surface area contributed by atoms with Gasteiger partial charge in [-0.25, -0.2) is 0 Å². The Hall–Kier alpha value is 0. The Morgan fingerprint density at radius 2 is 0.681 bits per heavy atom. The van der Waals surface area contributed by atoms with E-state index in [0.29, 0.717) is 0 Å². The average molecular weight is 659 g/mol. The third kappa shape index (κ3) is 25.6. The molecule has 0 heterocycles. The summed E-state index contributed by atoms with van der Waals surface area (Å²) in [5.74, 6) is 5.03. The Morgan fingerprint density at radius 1 is 0.362 bits per heavy atom. The summed E-state index contributed by atoms with van der Waals surface area (Å²) < 4.78 is 0. The Balaban J connectivity index is 2.38. The zero-order chi connectivity index (χ0) is 34.0. The molecule has 2 atom stereocenters. The lowest BCUT2D eigenvalue weighted by molar-refractivity contribution is 0.0943. The van der Waals surface area contributed by atoms with Crippen LogP contribution in [-0.4, -0.2) is 0 Å². The van der Waals surface area contributed by atoms with Gasteiger partial charge in [0.1, 0.15) is 0 Å². The van der Waals surface area contributed by atoms with Gasteiger partial charge in [-0.3, -0.25) is 0 Å². The second-order valence-electron chi connectivity index (χ2n) is 17.1. The molecule has 1 aliphatic rings. The van der Waals surface area contributed by atoms with Crippen LogP contribution < -0.4 is 0 Å². The average Bonchev–Trinajstić information content (AvgIpc) is 3.08. The first kappa shape index (κ1) is 45.0. The molecule has 0 heteroatoms. The molecule has 1 fully saturated rings. The van der Waals surface area contributed by atoms with Gasteiger partial charge in [0.2, 0.25) is 0 Å². The summed E-state index contributed by atoms with van der Waals surface area (Å²) in [5.41, 5.74) is 0. The van der Waals surface area contributed by atoms with E-state index in [-0.39, 0.29) is 0 Å². The van der Waals surface area contributed by atoms with Gasteiger partial charge in [-0.2, -0.15) is 0 Å². The van der Waals surface area contributed by atoms with Gasteiger partial charge in [-0.1, -0.05) is 259 Å². The maximum Gasteiger partial charge on any atom is -0.0355 e. The molecule has 0 aromatic carbocycles. The molecule has 0 bridgehead atoms. The Bertz CT molecular complexity index is 553. The molecule has 282 valence electrons. The zero-order valence-electron chi connectivity index (χ0n) is 34.0. The molecular formula is C47H94. The molecule has 0 aromatic heterocycles. The first-order valence-electron chi connectivity index (χ1n) is 23.2. The number of hydrogen-bond donors (Lipinski definition) is 0. The fourth-order valence-electron chi connectivity index (χ4n) is 9.61. The summed E-state index contributed by atoms with van der Waals surface area (Å²) in [5, 5.41) is 0. The smallest absolute Gasteiger partial charge is 0.0355 e. The summed E-state index contributed by atoms with van der Waals surface area (Å²) in [6.45, 7) is 12.2. The maximum absolute atomic E-state index is 2.56. The number of rotatable bonds is 36. The van der Waals surface area contributed by atoms with Gasteiger partial charge in [0, 0.05) is 0 Å². The Kier molecular flexibility index (Phi) is 33.0. The van der Waals surface area contributed by atoms with Gasteiger partial charge < -0.3 is 0 Å². The minimum Gasteiger partial charge on any atom is -0.0654 e. The van der Waals surface area contributed by atoms with Crippen molar-refractivity contribution in [2.75, 3.05) is 0 Å². The van der Waals surface area contributed by atoms with Crippen molar-refractivity contribution >= 4 is 0 Å². The highest BCUT2D eigenvalue weighted by atomic mass is 14.4. The van der Waals surface area contributed by atoms with Crippen LogP contribution in [0.15, 0.2) is 0 Å². The van der Waals surface area contributed by atoms with E-state index < -0.39 is 0 Å². The Morgan fingerprint density at radius 3 is 0.979 bits per heavy atom. The second kappa shape index (κ2) is 34.4. The fourth-order valence-corrected chi connectivity index (χ4v) is 9.61. The van der Waals surface area contributed by atoms with E-state index in [9.17, 15) is 0 Å². The minimum atomic E-state index is 0.982. The monoisotopic (exact) mass is 659 g/mol. The van der Waals surface area contributed by atoms with Gasteiger partial charge in [0.05, 0.1) is 0 Å².